The predicted octanol–water partition coefficient (Wildman–Crippen LogP) is 2.95. The van der Waals surface area contributed by atoms with Crippen molar-refractivity contribution in [2.45, 2.75) is 46.6 Å². The van der Waals surface area contributed by atoms with E-state index in [0.717, 1.165) is 22.6 Å². The fourth-order valence-electron chi connectivity index (χ4n) is 2.48. The number of benzene rings is 1. The monoisotopic (exact) mass is 301 g/mol. The molecule has 2 aromatic rings. The summed E-state index contributed by atoms with van der Waals surface area (Å²) >= 11 is 0. The molecule has 0 spiro atoms. The number of hydrogen-bond donors (Lipinski definition) is 2. The maximum atomic E-state index is 12.2. The Bertz CT molecular complexity index is 726. The van der Waals surface area contributed by atoms with Gasteiger partial charge in [-0.3, -0.25) is 9.36 Å². The average molecular weight is 301 g/mol. The van der Waals surface area contributed by atoms with Gasteiger partial charge in [-0.2, -0.15) is 0 Å². The van der Waals surface area contributed by atoms with Gasteiger partial charge in [0.1, 0.15) is 0 Å². The number of carbonyl (C=O) groups is 1. The van der Waals surface area contributed by atoms with E-state index in [1.165, 1.54) is 0 Å². The number of carbonyl (C=O) groups excluding carboxylic acids is 1. The molecule has 0 saturated heterocycles. The van der Waals surface area contributed by atoms with E-state index in [2.05, 4.69) is 24.1 Å². The lowest BCUT2D eigenvalue weighted by molar-refractivity contribution is -0.116. The Labute approximate surface area is 130 Å². The highest BCUT2D eigenvalue weighted by Crippen LogP contribution is 2.23. The van der Waals surface area contributed by atoms with Crippen molar-refractivity contribution in [3.05, 3.63) is 51.7 Å². The number of amides is 1. The number of imidazole rings is 1. The van der Waals surface area contributed by atoms with Gasteiger partial charge in [0.05, 0.1) is 0 Å². The fraction of sp³-hybridized carbons (Fsp3) is 0.412. The Morgan fingerprint density at radius 1 is 1.27 bits per heavy atom. The van der Waals surface area contributed by atoms with Gasteiger partial charge in [0.2, 0.25) is 5.91 Å². The molecule has 0 aliphatic rings. The number of nitrogens with zero attached hydrogens (tertiary/aromatic N) is 1. The third kappa shape index (κ3) is 3.47. The third-order valence-corrected chi connectivity index (χ3v) is 3.91. The minimum Gasteiger partial charge on any atom is -0.326 e. The van der Waals surface area contributed by atoms with Crippen LogP contribution in [0.2, 0.25) is 0 Å². The van der Waals surface area contributed by atoms with Crippen molar-refractivity contribution in [2.24, 2.45) is 0 Å². The largest absolute Gasteiger partial charge is 0.326 e. The Balaban J connectivity index is 2.04. The molecule has 5 heteroatoms. The molecule has 1 heterocycles. The Morgan fingerprint density at radius 2 is 1.95 bits per heavy atom. The first-order valence-electron chi connectivity index (χ1n) is 7.55. The maximum absolute atomic E-state index is 12.2. The summed E-state index contributed by atoms with van der Waals surface area (Å²) in [5.41, 5.74) is 3.51. The first kappa shape index (κ1) is 16.1. The standard InChI is InChI=1S/C17H23N3O2/c1-11(2)14-7-5-6-8-15(14)19-16(21)9-10-20-13(4)12(3)18-17(20)22/h5-8,11H,9-10H2,1-4H3,(H,18,22)(H,19,21). The molecule has 0 aliphatic carbocycles. The van der Waals surface area contributed by atoms with Gasteiger partial charge in [0.15, 0.2) is 0 Å². The number of H-pyrrole nitrogens is 1. The summed E-state index contributed by atoms with van der Waals surface area (Å²) in [6.07, 6.45) is 0.268. The van der Waals surface area contributed by atoms with Gasteiger partial charge in [-0.15, -0.1) is 0 Å². The molecular weight excluding hydrogens is 278 g/mol. The van der Waals surface area contributed by atoms with Crippen LogP contribution in [-0.4, -0.2) is 15.5 Å². The van der Waals surface area contributed by atoms with E-state index in [1.54, 1.807) is 4.57 Å². The summed E-state index contributed by atoms with van der Waals surface area (Å²) in [5, 5.41) is 2.94. The third-order valence-electron chi connectivity index (χ3n) is 3.91. The SMILES string of the molecule is Cc1[nH]c(=O)n(CCC(=O)Nc2ccccc2C(C)C)c1C. The molecule has 1 aromatic carbocycles. The summed E-state index contributed by atoms with van der Waals surface area (Å²) in [6.45, 7) is 8.29. The minimum absolute atomic E-state index is 0.0850. The van der Waals surface area contributed by atoms with E-state index < -0.39 is 0 Å². The molecule has 0 atom stereocenters. The van der Waals surface area contributed by atoms with Crippen molar-refractivity contribution in [2.75, 3.05) is 5.32 Å². The van der Waals surface area contributed by atoms with Gasteiger partial charge in [-0.25, -0.2) is 4.79 Å². The number of anilines is 1. The highest BCUT2D eigenvalue weighted by Gasteiger charge is 2.11. The maximum Gasteiger partial charge on any atom is 0.325 e. The van der Waals surface area contributed by atoms with Crippen LogP contribution < -0.4 is 11.0 Å². The van der Waals surface area contributed by atoms with Gasteiger partial charge >= 0.3 is 5.69 Å². The minimum atomic E-state index is -0.162. The molecule has 0 bridgehead atoms. The topological polar surface area (TPSA) is 66.9 Å². The van der Waals surface area contributed by atoms with Crippen molar-refractivity contribution in [1.29, 1.82) is 0 Å². The van der Waals surface area contributed by atoms with Crippen LogP contribution in [0.15, 0.2) is 29.1 Å². The molecule has 0 aliphatic heterocycles. The highest BCUT2D eigenvalue weighted by atomic mass is 16.2. The van der Waals surface area contributed by atoms with Crippen LogP contribution in [-0.2, 0) is 11.3 Å². The van der Waals surface area contributed by atoms with E-state index in [9.17, 15) is 9.59 Å². The van der Waals surface area contributed by atoms with Crippen LogP contribution in [0.3, 0.4) is 0 Å². The van der Waals surface area contributed by atoms with Crippen molar-refractivity contribution in [3.63, 3.8) is 0 Å². The molecule has 2 rings (SSSR count). The quantitative estimate of drug-likeness (QED) is 0.891. The van der Waals surface area contributed by atoms with E-state index >= 15 is 0 Å². The number of rotatable bonds is 5. The second-order valence-electron chi connectivity index (χ2n) is 5.83. The fourth-order valence-corrected chi connectivity index (χ4v) is 2.48. The zero-order valence-electron chi connectivity index (χ0n) is 13.6. The van der Waals surface area contributed by atoms with E-state index in [0.29, 0.717) is 12.5 Å². The normalized spacial score (nSPS) is 11.0. The smallest absolute Gasteiger partial charge is 0.325 e. The molecule has 1 amide bonds. The molecule has 22 heavy (non-hydrogen) atoms. The molecule has 0 unspecified atom stereocenters. The second kappa shape index (κ2) is 6.64. The van der Waals surface area contributed by atoms with Crippen LogP contribution in [0.25, 0.3) is 0 Å². The molecule has 0 saturated carbocycles. The average Bonchev–Trinajstić information content (AvgIpc) is 2.70. The zero-order chi connectivity index (χ0) is 16.3. The molecule has 1 aromatic heterocycles. The number of nitrogens with one attached hydrogen (secondary N) is 2. The molecule has 2 N–H and O–H groups in total. The molecular formula is C17H23N3O2. The van der Waals surface area contributed by atoms with Gasteiger partial charge in [0, 0.05) is 30.0 Å². The lowest BCUT2D eigenvalue weighted by Gasteiger charge is -2.13. The lowest BCUT2D eigenvalue weighted by atomic mass is 10.0. The second-order valence-corrected chi connectivity index (χ2v) is 5.83. The number of para-hydroxylation sites is 1. The van der Waals surface area contributed by atoms with E-state index in [4.69, 9.17) is 0 Å². The van der Waals surface area contributed by atoms with Crippen LogP contribution in [0.5, 0.6) is 0 Å². The Morgan fingerprint density at radius 3 is 2.55 bits per heavy atom. The van der Waals surface area contributed by atoms with Crippen molar-refractivity contribution < 1.29 is 4.79 Å². The summed E-state index contributed by atoms with van der Waals surface area (Å²) in [5.74, 6) is 0.256. The molecule has 118 valence electrons. The van der Waals surface area contributed by atoms with Gasteiger partial charge in [-0.05, 0) is 31.4 Å². The molecule has 5 nitrogen and oxygen atoms in total. The number of aromatic nitrogens is 2. The van der Waals surface area contributed by atoms with Crippen LogP contribution in [0.1, 0.15) is 43.1 Å². The number of aryl methyl sites for hydroxylation is 1. The zero-order valence-corrected chi connectivity index (χ0v) is 13.6. The number of aromatic amines is 1. The summed E-state index contributed by atoms with van der Waals surface area (Å²) in [4.78, 5) is 26.7. The molecule has 0 fully saturated rings. The van der Waals surface area contributed by atoms with E-state index in [1.807, 2.05) is 38.1 Å². The predicted molar refractivity (Wildman–Crippen MR) is 88.3 cm³/mol. The van der Waals surface area contributed by atoms with Gasteiger partial charge in [0.25, 0.3) is 0 Å². The highest BCUT2D eigenvalue weighted by molar-refractivity contribution is 5.91. The first-order valence-corrected chi connectivity index (χ1v) is 7.55. The Hall–Kier alpha value is -2.30. The molecule has 0 radical (unpaired) electrons. The van der Waals surface area contributed by atoms with Crippen molar-refractivity contribution in [1.82, 2.24) is 9.55 Å². The van der Waals surface area contributed by atoms with Gasteiger partial charge in [-0.1, -0.05) is 32.0 Å². The summed E-state index contributed by atoms with van der Waals surface area (Å²) < 4.78 is 1.60. The van der Waals surface area contributed by atoms with Crippen LogP contribution >= 0.6 is 0 Å². The summed E-state index contributed by atoms with van der Waals surface area (Å²) in [6, 6.07) is 7.80. The van der Waals surface area contributed by atoms with Crippen molar-refractivity contribution >= 4 is 11.6 Å². The number of hydrogen-bond acceptors (Lipinski definition) is 2. The van der Waals surface area contributed by atoms with E-state index in [-0.39, 0.29) is 18.0 Å². The van der Waals surface area contributed by atoms with Crippen molar-refractivity contribution in [3.8, 4) is 0 Å². The van der Waals surface area contributed by atoms with Gasteiger partial charge < -0.3 is 10.3 Å². The van der Waals surface area contributed by atoms with Crippen LogP contribution in [0, 0.1) is 13.8 Å². The summed E-state index contributed by atoms with van der Waals surface area (Å²) in [7, 11) is 0. The van der Waals surface area contributed by atoms with Crippen LogP contribution in [0.4, 0.5) is 5.69 Å². The first-order chi connectivity index (χ1) is 10.4. The Kier molecular flexibility index (Phi) is 4.85. The lowest BCUT2D eigenvalue weighted by Crippen LogP contribution is -2.22.